The van der Waals surface area contributed by atoms with E-state index >= 15 is 0 Å². The molecule has 6 heteroatoms. The quantitative estimate of drug-likeness (QED) is 0.497. The lowest BCUT2D eigenvalue weighted by Gasteiger charge is -2.22. The highest BCUT2D eigenvalue weighted by Crippen LogP contribution is 2.33. The molecule has 0 amide bonds. The molecule has 0 aromatic heterocycles. The van der Waals surface area contributed by atoms with E-state index in [-0.39, 0.29) is 5.92 Å². The average molecular weight is 455 g/mol. The molecule has 2 aromatic carbocycles. The van der Waals surface area contributed by atoms with Gasteiger partial charge in [0, 0.05) is 37.8 Å². The number of sulfonamides is 1. The number of rotatable bonds is 8. The minimum Gasteiger partial charge on any atom is -0.461 e. The molecule has 2 saturated heterocycles. The Kier molecular flexibility index (Phi) is 6.91. The summed E-state index contributed by atoms with van der Waals surface area (Å²) in [6, 6.07) is 13.9. The minimum absolute atomic E-state index is 0.0787. The summed E-state index contributed by atoms with van der Waals surface area (Å²) in [6.45, 7) is 11.7. The molecule has 0 saturated carbocycles. The standard InChI is InChI=1S/C26H34N2O3S/c1-4-25(22-9-11-23(12-10-22)27-15-5-6-16-27)21(3)31-26-14-13-24(19-20(26)2)32(29,30)28-17-7-8-18-28/h9-14,19,25H,3-8,15-18H2,1-2H3. The van der Waals surface area contributed by atoms with E-state index in [2.05, 4.69) is 42.7 Å². The number of benzene rings is 2. The van der Waals surface area contributed by atoms with Gasteiger partial charge in [-0.1, -0.05) is 25.6 Å². The first-order valence-electron chi connectivity index (χ1n) is 11.7. The van der Waals surface area contributed by atoms with Crippen LogP contribution in [0.25, 0.3) is 0 Å². The van der Waals surface area contributed by atoms with Crippen LogP contribution in [0.1, 0.15) is 56.1 Å². The van der Waals surface area contributed by atoms with Crippen molar-refractivity contribution in [3.05, 3.63) is 65.9 Å². The fourth-order valence-electron chi connectivity index (χ4n) is 4.73. The van der Waals surface area contributed by atoms with E-state index in [1.165, 1.54) is 24.1 Å². The van der Waals surface area contributed by atoms with Gasteiger partial charge in [-0.05, 0) is 80.5 Å². The van der Waals surface area contributed by atoms with E-state index in [1.54, 1.807) is 22.5 Å². The first kappa shape index (κ1) is 22.9. The molecule has 0 N–H and O–H groups in total. The molecule has 32 heavy (non-hydrogen) atoms. The molecule has 4 rings (SSSR count). The van der Waals surface area contributed by atoms with E-state index < -0.39 is 10.0 Å². The lowest BCUT2D eigenvalue weighted by atomic mass is 9.94. The summed E-state index contributed by atoms with van der Waals surface area (Å²) in [5.41, 5.74) is 3.26. The summed E-state index contributed by atoms with van der Waals surface area (Å²) in [5, 5.41) is 0. The van der Waals surface area contributed by atoms with Crippen LogP contribution in [0.3, 0.4) is 0 Å². The predicted molar refractivity (Wildman–Crippen MR) is 130 cm³/mol. The Morgan fingerprint density at radius 1 is 1.00 bits per heavy atom. The normalized spacial score (nSPS) is 18.1. The third-order valence-electron chi connectivity index (χ3n) is 6.65. The van der Waals surface area contributed by atoms with Crippen LogP contribution < -0.4 is 9.64 Å². The number of aryl methyl sites for hydroxylation is 1. The fourth-order valence-corrected chi connectivity index (χ4v) is 6.33. The van der Waals surface area contributed by atoms with Crippen molar-refractivity contribution in [1.29, 1.82) is 0 Å². The van der Waals surface area contributed by atoms with Crippen LogP contribution >= 0.6 is 0 Å². The van der Waals surface area contributed by atoms with Crippen molar-refractivity contribution in [1.82, 2.24) is 4.31 Å². The number of allylic oxidation sites excluding steroid dienone is 1. The second kappa shape index (κ2) is 9.67. The van der Waals surface area contributed by atoms with E-state index in [9.17, 15) is 8.42 Å². The molecule has 2 aliphatic heterocycles. The molecular weight excluding hydrogens is 420 g/mol. The third kappa shape index (κ3) is 4.71. The van der Waals surface area contributed by atoms with Gasteiger partial charge in [-0.15, -0.1) is 0 Å². The zero-order chi connectivity index (χ0) is 22.7. The van der Waals surface area contributed by atoms with Crippen LogP contribution in [0, 0.1) is 6.92 Å². The lowest BCUT2D eigenvalue weighted by molar-refractivity contribution is 0.379. The molecule has 1 unspecified atom stereocenters. The van der Waals surface area contributed by atoms with Gasteiger partial charge in [0.2, 0.25) is 10.0 Å². The summed E-state index contributed by atoms with van der Waals surface area (Å²) in [5.74, 6) is 1.41. The molecule has 5 nitrogen and oxygen atoms in total. The summed E-state index contributed by atoms with van der Waals surface area (Å²) in [4.78, 5) is 2.76. The molecular formula is C26H34N2O3S. The highest BCUT2D eigenvalue weighted by molar-refractivity contribution is 7.89. The molecule has 0 bridgehead atoms. The summed E-state index contributed by atoms with van der Waals surface area (Å²) < 4.78 is 33.4. The van der Waals surface area contributed by atoms with Crippen molar-refractivity contribution in [3.8, 4) is 5.75 Å². The molecule has 2 aliphatic rings. The van der Waals surface area contributed by atoms with Crippen molar-refractivity contribution >= 4 is 15.7 Å². The van der Waals surface area contributed by atoms with Crippen LogP contribution in [0.2, 0.25) is 0 Å². The highest BCUT2D eigenvalue weighted by Gasteiger charge is 2.27. The van der Waals surface area contributed by atoms with E-state index in [4.69, 9.17) is 4.74 Å². The topological polar surface area (TPSA) is 49.9 Å². The van der Waals surface area contributed by atoms with E-state index in [0.717, 1.165) is 37.9 Å². The predicted octanol–water partition coefficient (Wildman–Crippen LogP) is 5.47. The monoisotopic (exact) mass is 454 g/mol. The second-order valence-electron chi connectivity index (χ2n) is 8.85. The maximum Gasteiger partial charge on any atom is 0.243 e. The van der Waals surface area contributed by atoms with Crippen molar-refractivity contribution in [2.45, 2.75) is 56.8 Å². The second-order valence-corrected chi connectivity index (χ2v) is 10.8. The number of hydrogen-bond donors (Lipinski definition) is 0. The van der Waals surface area contributed by atoms with Gasteiger partial charge in [0.15, 0.2) is 0 Å². The summed E-state index contributed by atoms with van der Waals surface area (Å²) >= 11 is 0. The SMILES string of the molecule is C=C(Oc1ccc(S(=O)(=O)N2CCCC2)cc1C)C(CC)c1ccc(N2CCCC2)cc1. The highest BCUT2D eigenvalue weighted by atomic mass is 32.2. The number of anilines is 1. The van der Waals surface area contributed by atoms with Crippen LogP contribution in [-0.2, 0) is 10.0 Å². The maximum absolute atomic E-state index is 12.8. The van der Waals surface area contributed by atoms with E-state index in [0.29, 0.717) is 29.5 Å². The van der Waals surface area contributed by atoms with Crippen LogP contribution in [0.15, 0.2) is 59.7 Å². The lowest BCUT2D eigenvalue weighted by Crippen LogP contribution is -2.27. The van der Waals surface area contributed by atoms with Crippen molar-refractivity contribution in [2.75, 3.05) is 31.1 Å². The summed E-state index contributed by atoms with van der Waals surface area (Å²) in [7, 11) is -3.43. The fraction of sp³-hybridized carbons (Fsp3) is 0.462. The average Bonchev–Trinajstić information content (AvgIpc) is 3.51. The number of nitrogens with zero attached hydrogens (tertiary/aromatic N) is 2. The van der Waals surface area contributed by atoms with Gasteiger partial charge in [-0.25, -0.2) is 8.42 Å². The van der Waals surface area contributed by atoms with Crippen molar-refractivity contribution in [3.63, 3.8) is 0 Å². The first-order valence-corrected chi connectivity index (χ1v) is 13.2. The Hall–Kier alpha value is -2.31. The van der Waals surface area contributed by atoms with E-state index in [1.807, 2.05) is 6.92 Å². The Bertz CT molecular complexity index is 1050. The largest absolute Gasteiger partial charge is 0.461 e. The molecule has 2 heterocycles. The Labute approximate surface area is 192 Å². The maximum atomic E-state index is 12.8. The Morgan fingerprint density at radius 3 is 2.22 bits per heavy atom. The Balaban J connectivity index is 1.47. The van der Waals surface area contributed by atoms with Crippen molar-refractivity contribution in [2.24, 2.45) is 0 Å². The number of hydrogen-bond acceptors (Lipinski definition) is 4. The molecule has 0 spiro atoms. The van der Waals surface area contributed by atoms with Gasteiger partial charge in [-0.3, -0.25) is 0 Å². The molecule has 0 aliphatic carbocycles. The zero-order valence-corrected chi connectivity index (χ0v) is 20.0. The van der Waals surface area contributed by atoms with Crippen LogP contribution in [0.4, 0.5) is 5.69 Å². The van der Waals surface area contributed by atoms with Gasteiger partial charge >= 0.3 is 0 Å². The van der Waals surface area contributed by atoms with Gasteiger partial charge in [-0.2, -0.15) is 4.31 Å². The van der Waals surface area contributed by atoms with Crippen LogP contribution in [-0.4, -0.2) is 38.9 Å². The first-order chi connectivity index (χ1) is 15.4. The summed E-state index contributed by atoms with van der Waals surface area (Å²) in [6.07, 6.45) is 5.26. The minimum atomic E-state index is -3.43. The number of ether oxygens (including phenoxy) is 1. The Morgan fingerprint density at radius 2 is 1.62 bits per heavy atom. The van der Waals surface area contributed by atoms with Crippen LogP contribution in [0.5, 0.6) is 5.75 Å². The van der Waals surface area contributed by atoms with Crippen molar-refractivity contribution < 1.29 is 13.2 Å². The molecule has 172 valence electrons. The molecule has 2 fully saturated rings. The third-order valence-corrected chi connectivity index (χ3v) is 8.55. The van der Waals surface area contributed by atoms with Gasteiger partial charge in [0.05, 0.1) is 4.90 Å². The molecule has 0 radical (unpaired) electrons. The zero-order valence-electron chi connectivity index (χ0n) is 19.2. The van der Waals surface area contributed by atoms with Gasteiger partial charge < -0.3 is 9.64 Å². The smallest absolute Gasteiger partial charge is 0.243 e. The van der Waals surface area contributed by atoms with Gasteiger partial charge in [0.1, 0.15) is 11.5 Å². The molecule has 1 atom stereocenters. The molecule has 2 aromatic rings. The van der Waals surface area contributed by atoms with Gasteiger partial charge in [0.25, 0.3) is 0 Å².